The summed E-state index contributed by atoms with van der Waals surface area (Å²) in [5.74, 6) is 0.276. The van der Waals surface area contributed by atoms with Gasteiger partial charge in [-0.3, -0.25) is 9.79 Å². The third-order valence-electron chi connectivity index (χ3n) is 4.55. The topological polar surface area (TPSA) is 103 Å². The van der Waals surface area contributed by atoms with Gasteiger partial charge in [0.15, 0.2) is 5.96 Å². The predicted octanol–water partition coefficient (Wildman–Crippen LogP) is 1.03. The van der Waals surface area contributed by atoms with Crippen LogP contribution in [0, 0.1) is 0 Å². The molecule has 0 saturated carbocycles. The number of hydrogen-bond acceptors (Lipinski definition) is 4. The minimum Gasteiger partial charge on any atom is -0.355 e. The van der Waals surface area contributed by atoms with E-state index in [1.807, 2.05) is 0 Å². The SMILES string of the molecule is CN=C(NCc1ccc(C(=O)NC)cc1)NC1CCN(S(=O)(=O)C(F)(F)F)CC1. The summed E-state index contributed by atoms with van der Waals surface area (Å²) >= 11 is 0. The van der Waals surface area contributed by atoms with Crippen molar-refractivity contribution < 1.29 is 26.4 Å². The van der Waals surface area contributed by atoms with E-state index in [1.54, 1.807) is 38.4 Å². The lowest BCUT2D eigenvalue weighted by Gasteiger charge is -2.32. The molecule has 1 fully saturated rings. The lowest BCUT2D eigenvalue weighted by atomic mass is 10.1. The second kappa shape index (κ2) is 9.44. The highest BCUT2D eigenvalue weighted by atomic mass is 32.2. The number of carbonyl (C=O) groups is 1. The molecule has 1 heterocycles. The molecule has 1 amide bonds. The number of sulfonamides is 1. The molecule has 8 nitrogen and oxygen atoms in total. The first-order chi connectivity index (χ1) is 13.6. The summed E-state index contributed by atoms with van der Waals surface area (Å²) < 4.78 is 61.3. The van der Waals surface area contributed by atoms with E-state index < -0.39 is 15.5 Å². The van der Waals surface area contributed by atoms with Crippen molar-refractivity contribution in [2.75, 3.05) is 27.2 Å². The van der Waals surface area contributed by atoms with Crippen LogP contribution in [0.1, 0.15) is 28.8 Å². The van der Waals surface area contributed by atoms with E-state index in [1.165, 1.54) is 0 Å². The fraction of sp³-hybridized carbons (Fsp3) is 0.529. The van der Waals surface area contributed by atoms with Gasteiger partial charge in [-0.25, -0.2) is 8.42 Å². The van der Waals surface area contributed by atoms with Crippen molar-refractivity contribution in [2.24, 2.45) is 4.99 Å². The Morgan fingerprint density at radius 1 is 1.21 bits per heavy atom. The molecule has 0 bridgehead atoms. The molecule has 12 heteroatoms. The van der Waals surface area contributed by atoms with Crippen molar-refractivity contribution in [3.8, 4) is 0 Å². The average Bonchev–Trinajstić information content (AvgIpc) is 2.70. The molecule has 2 rings (SSSR count). The number of rotatable bonds is 5. The summed E-state index contributed by atoms with van der Waals surface area (Å²) in [5.41, 5.74) is -3.83. The van der Waals surface area contributed by atoms with Gasteiger partial charge in [-0.15, -0.1) is 0 Å². The van der Waals surface area contributed by atoms with E-state index in [9.17, 15) is 26.4 Å². The zero-order valence-corrected chi connectivity index (χ0v) is 16.9. The monoisotopic (exact) mass is 435 g/mol. The van der Waals surface area contributed by atoms with Gasteiger partial charge in [0, 0.05) is 45.3 Å². The van der Waals surface area contributed by atoms with Gasteiger partial charge >= 0.3 is 15.5 Å². The van der Waals surface area contributed by atoms with Gasteiger partial charge < -0.3 is 16.0 Å². The Balaban J connectivity index is 1.85. The predicted molar refractivity (Wildman–Crippen MR) is 103 cm³/mol. The third-order valence-corrected chi connectivity index (χ3v) is 6.18. The molecular weight excluding hydrogens is 411 g/mol. The number of halogens is 3. The minimum atomic E-state index is -5.28. The molecule has 0 atom stereocenters. The minimum absolute atomic E-state index is 0.180. The van der Waals surface area contributed by atoms with Crippen LogP contribution in [0.25, 0.3) is 0 Å². The van der Waals surface area contributed by atoms with E-state index in [0.717, 1.165) is 5.56 Å². The molecule has 0 unspecified atom stereocenters. The maximum atomic E-state index is 12.6. The molecule has 3 N–H and O–H groups in total. The number of guanidine groups is 1. The number of amides is 1. The first-order valence-electron chi connectivity index (χ1n) is 8.93. The standard InChI is InChI=1S/C17H24F3N5O3S/c1-21-15(26)13-5-3-12(4-6-13)11-23-16(22-2)24-14-7-9-25(10-8-14)29(27,28)17(18,19)20/h3-6,14H,7-11H2,1-2H3,(H,21,26)(H2,22,23,24). The van der Waals surface area contributed by atoms with Crippen LogP contribution < -0.4 is 16.0 Å². The maximum absolute atomic E-state index is 12.6. The van der Waals surface area contributed by atoms with Gasteiger partial charge in [0.25, 0.3) is 5.91 Å². The van der Waals surface area contributed by atoms with E-state index in [4.69, 9.17) is 0 Å². The van der Waals surface area contributed by atoms with E-state index in [-0.39, 0.29) is 37.9 Å². The summed E-state index contributed by atoms with van der Waals surface area (Å²) in [6, 6.07) is 6.79. The second-order valence-electron chi connectivity index (χ2n) is 6.47. The Kier molecular flexibility index (Phi) is 7.47. The van der Waals surface area contributed by atoms with Gasteiger partial charge in [-0.2, -0.15) is 17.5 Å². The number of aliphatic imine (C=N–C) groups is 1. The zero-order chi connectivity index (χ0) is 21.7. The van der Waals surface area contributed by atoms with Crippen molar-refractivity contribution in [1.29, 1.82) is 0 Å². The summed E-state index contributed by atoms with van der Waals surface area (Å²) in [6.07, 6.45) is 0.466. The summed E-state index contributed by atoms with van der Waals surface area (Å²) in [4.78, 5) is 15.6. The molecule has 1 saturated heterocycles. The molecule has 0 spiro atoms. The highest BCUT2D eigenvalue weighted by Crippen LogP contribution is 2.28. The molecule has 1 aliphatic rings. The largest absolute Gasteiger partial charge is 0.511 e. The van der Waals surface area contributed by atoms with Crippen molar-refractivity contribution in [3.63, 3.8) is 0 Å². The van der Waals surface area contributed by atoms with Crippen LogP contribution in [0.5, 0.6) is 0 Å². The first kappa shape index (κ1) is 22.9. The lowest BCUT2D eigenvalue weighted by Crippen LogP contribution is -2.51. The van der Waals surface area contributed by atoms with E-state index >= 15 is 0 Å². The van der Waals surface area contributed by atoms with E-state index in [0.29, 0.717) is 22.4 Å². The number of carbonyl (C=O) groups excluding carboxylic acids is 1. The van der Waals surface area contributed by atoms with Gasteiger partial charge in [0.2, 0.25) is 0 Å². The normalized spacial score (nSPS) is 17.1. The summed E-state index contributed by atoms with van der Waals surface area (Å²) in [7, 11) is -2.17. The van der Waals surface area contributed by atoms with Crippen LogP contribution in [0.2, 0.25) is 0 Å². The Morgan fingerprint density at radius 3 is 2.28 bits per heavy atom. The number of hydrogen-bond donors (Lipinski definition) is 3. The number of alkyl halides is 3. The fourth-order valence-electron chi connectivity index (χ4n) is 2.88. The van der Waals surface area contributed by atoms with Crippen molar-refractivity contribution in [3.05, 3.63) is 35.4 Å². The molecule has 162 valence electrons. The molecule has 0 aliphatic carbocycles. The molecule has 1 aromatic carbocycles. The molecular formula is C17H24F3N5O3S. The fourth-order valence-corrected chi connectivity index (χ4v) is 3.86. The van der Waals surface area contributed by atoms with Crippen LogP contribution >= 0.6 is 0 Å². The van der Waals surface area contributed by atoms with Crippen molar-refractivity contribution >= 4 is 21.9 Å². The van der Waals surface area contributed by atoms with Gasteiger partial charge in [-0.05, 0) is 30.5 Å². The Labute approximate surface area is 167 Å². The number of nitrogens with one attached hydrogen (secondary N) is 3. The molecule has 1 aliphatic heterocycles. The van der Waals surface area contributed by atoms with Crippen LogP contribution in [0.4, 0.5) is 13.2 Å². The summed E-state index contributed by atoms with van der Waals surface area (Å²) in [5, 5.41) is 8.72. The highest BCUT2D eigenvalue weighted by Gasteiger charge is 2.50. The zero-order valence-electron chi connectivity index (χ0n) is 16.1. The van der Waals surface area contributed by atoms with Crippen LogP contribution in [-0.4, -0.2) is 63.3 Å². The number of nitrogens with zero attached hydrogens (tertiary/aromatic N) is 2. The lowest BCUT2D eigenvalue weighted by molar-refractivity contribution is -0.0494. The molecule has 0 aromatic heterocycles. The van der Waals surface area contributed by atoms with Gasteiger partial charge in [0.05, 0.1) is 0 Å². The van der Waals surface area contributed by atoms with Gasteiger partial charge in [-0.1, -0.05) is 12.1 Å². The maximum Gasteiger partial charge on any atom is 0.511 e. The Hall–Kier alpha value is -2.34. The van der Waals surface area contributed by atoms with Crippen LogP contribution in [0.3, 0.4) is 0 Å². The Morgan fingerprint density at radius 2 is 1.79 bits per heavy atom. The smallest absolute Gasteiger partial charge is 0.355 e. The number of benzene rings is 1. The highest BCUT2D eigenvalue weighted by molar-refractivity contribution is 7.90. The van der Waals surface area contributed by atoms with Crippen LogP contribution in [-0.2, 0) is 16.6 Å². The van der Waals surface area contributed by atoms with Crippen LogP contribution in [0.15, 0.2) is 29.3 Å². The molecule has 29 heavy (non-hydrogen) atoms. The van der Waals surface area contributed by atoms with Crippen molar-refractivity contribution in [2.45, 2.75) is 30.9 Å². The Bertz CT molecular complexity index is 833. The van der Waals surface area contributed by atoms with E-state index in [2.05, 4.69) is 20.9 Å². The third kappa shape index (κ3) is 5.82. The second-order valence-corrected chi connectivity index (χ2v) is 8.40. The van der Waals surface area contributed by atoms with Crippen molar-refractivity contribution in [1.82, 2.24) is 20.3 Å². The molecule has 1 aromatic rings. The first-order valence-corrected chi connectivity index (χ1v) is 10.4. The number of piperidine rings is 1. The van der Waals surface area contributed by atoms with Gasteiger partial charge in [0.1, 0.15) is 0 Å². The summed E-state index contributed by atoms with van der Waals surface area (Å²) in [6.45, 7) is 0.00388. The quantitative estimate of drug-likeness (QED) is 0.474. The molecule has 0 radical (unpaired) electrons. The average molecular weight is 435 g/mol.